The van der Waals surface area contributed by atoms with Gasteiger partial charge < -0.3 is 10.2 Å². The second-order valence-corrected chi connectivity index (χ2v) is 7.40. The van der Waals surface area contributed by atoms with E-state index >= 15 is 0 Å². The predicted octanol–water partition coefficient (Wildman–Crippen LogP) is 2.36. The van der Waals surface area contributed by atoms with E-state index < -0.39 is 12.1 Å². The number of benzene rings is 1. The summed E-state index contributed by atoms with van der Waals surface area (Å²) in [7, 11) is 0. The molecule has 7 heteroatoms. The van der Waals surface area contributed by atoms with Crippen molar-refractivity contribution in [2.24, 2.45) is 11.8 Å². The summed E-state index contributed by atoms with van der Waals surface area (Å²) >= 11 is 6.95. The summed E-state index contributed by atoms with van der Waals surface area (Å²) < 4.78 is 0. The van der Waals surface area contributed by atoms with Crippen LogP contribution in [0.1, 0.15) is 13.8 Å². The van der Waals surface area contributed by atoms with Gasteiger partial charge in [-0.05, 0) is 31.2 Å². The minimum atomic E-state index is -0.927. The van der Waals surface area contributed by atoms with Crippen LogP contribution >= 0.6 is 23.4 Å². The maximum absolute atomic E-state index is 12.5. The van der Waals surface area contributed by atoms with Crippen LogP contribution in [0.4, 0.5) is 0 Å². The third kappa shape index (κ3) is 4.47. The van der Waals surface area contributed by atoms with Crippen molar-refractivity contribution in [1.29, 1.82) is 0 Å². The molecule has 0 saturated carbocycles. The molecule has 1 aromatic carbocycles. The first-order valence-electron chi connectivity index (χ1n) is 7.40. The van der Waals surface area contributed by atoms with Crippen LogP contribution in [0.15, 0.2) is 29.2 Å². The Morgan fingerprint density at radius 2 is 1.96 bits per heavy atom. The number of halogens is 1. The number of aliphatic carboxylic acids is 1. The monoisotopic (exact) mass is 357 g/mol. The van der Waals surface area contributed by atoms with Gasteiger partial charge in [0.25, 0.3) is 0 Å². The van der Waals surface area contributed by atoms with E-state index in [0.717, 1.165) is 16.7 Å². The van der Waals surface area contributed by atoms with Gasteiger partial charge in [0.2, 0.25) is 0 Å². The van der Waals surface area contributed by atoms with E-state index in [4.69, 9.17) is 16.7 Å². The summed E-state index contributed by atoms with van der Waals surface area (Å²) in [6, 6.07) is 6.75. The molecule has 0 aromatic heterocycles. The normalized spacial score (nSPS) is 23.8. The van der Waals surface area contributed by atoms with Gasteiger partial charge in [-0.25, -0.2) is 0 Å². The van der Waals surface area contributed by atoms with Crippen LogP contribution in [-0.2, 0) is 9.59 Å². The lowest BCUT2D eigenvalue weighted by Gasteiger charge is -2.51. The number of rotatable bonds is 6. The van der Waals surface area contributed by atoms with Crippen LogP contribution in [0.2, 0.25) is 5.02 Å². The highest BCUT2D eigenvalue weighted by molar-refractivity contribution is 8.13. The number of hydrogen-bond donors (Lipinski definition) is 2. The summed E-state index contributed by atoms with van der Waals surface area (Å²) in [4.78, 5) is 26.0. The molecule has 4 atom stereocenters. The van der Waals surface area contributed by atoms with E-state index in [0.29, 0.717) is 11.6 Å². The lowest BCUT2D eigenvalue weighted by Crippen LogP contribution is -2.64. The summed E-state index contributed by atoms with van der Waals surface area (Å²) in [5.41, 5.74) is 0. The number of carbonyl (C=O) groups excluding carboxylic acids is 1. The highest BCUT2D eigenvalue weighted by atomic mass is 35.5. The van der Waals surface area contributed by atoms with Gasteiger partial charge in [-0.2, -0.15) is 0 Å². The number of thioether (sulfide) groups is 1. The van der Waals surface area contributed by atoms with Crippen LogP contribution in [0.25, 0.3) is 0 Å². The number of aliphatic hydroxyl groups is 1. The first kappa shape index (κ1) is 18.3. The van der Waals surface area contributed by atoms with E-state index in [1.807, 2.05) is 0 Å². The minimum absolute atomic E-state index is 0.0435. The van der Waals surface area contributed by atoms with Crippen LogP contribution in [0.5, 0.6) is 0 Å². The smallest absolute Gasteiger partial charge is 0.317 e. The third-order valence-corrected chi connectivity index (χ3v) is 5.51. The van der Waals surface area contributed by atoms with Crippen LogP contribution < -0.4 is 0 Å². The molecule has 0 spiro atoms. The lowest BCUT2D eigenvalue weighted by molar-refractivity contribution is -0.148. The molecule has 0 aliphatic carbocycles. The van der Waals surface area contributed by atoms with E-state index in [1.54, 1.807) is 43.0 Å². The predicted molar refractivity (Wildman–Crippen MR) is 89.6 cm³/mol. The molecule has 0 bridgehead atoms. The van der Waals surface area contributed by atoms with Crippen molar-refractivity contribution in [3.8, 4) is 0 Å². The number of likely N-dealkylation sites (tertiary alicyclic amines) is 1. The van der Waals surface area contributed by atoms with Crippen molar-refractivity contribution in [3.63, 3.8) is 0 Å². The van der Waals surface area contributed by atoms with Crippen LogP contribution in [-0.4, -0.2) is 51.4 Å². The Morgan fingerprint density at radius 3 is 2.48 bits per heavy atom. The Balaban J connectivity index is 2.05. The van der Waals surface area contributed by atoms with Gasteiger partial charge in [0.1, 0.15) is 0 Å². The molecule has 1 aliphatic rings. The van der Waals surface area contributed by atoms with Crippen LogP contribution in [0, 0.1) is 11.8 Å². The van der Waals surface area contributed by atoms with Gasteiger partial charge in [-0.1, -0.05) is 30.3 Å². The summed E-state index contributed by atoms with van der Waals surface area (Å²) in [6.45, 7) is 3.85. The van der Waals surface area contributed by atoms with Crippen LogP contribution in [0.3, 0.4) is 0 Å². The van der Waals surface area contributed by atoms with Gasteiger partial charge in [-0.3, -0.25) is 14.5 Å². The Kier molecular flexibility index (Phi) is 6.08. The molecule has 1 heterocycles. The first-order chi connectivity index (χ1) is 10.8. The molecule has 1 aliphatic heterocycles. The highest BCUT2D eigenvalue weighted by Crippen LogP contribution is 2.36. The van der Waals surface area contributed by atoms with Crippen molar-refractivity contribution in [3.05, 3.63) is 29.3 Å². The van der Waals surface area contributed by atoms with E-state index in [-0.39, 0.29) is 29.5 Å². The van der Waals surface area contributed by atoms with E-state index in [1.165, 1.54) is 0 Å². The van der Waals surface area contributed by atoms with E-state index in [2.05, 4.69) is 0 Å². The number of aliphatic hydroxyl groups excluding tert-OH is 1. The molecule has 0 amide bonds. The second kappa shape index (κ2) is 7.66. The maximum atomic E-state index is 12.5. The zero-order valence-electron chi connectivity index (χ0n) is 13.0. The molecular formula is C16H20ClNO4S. The Bertz CT molecular complexity index is 578. The number of nitrogens with zero attached hydrogens (tertiary/aromatic N) is 1. The molecule has 23 heavy (non-hydrogen) atoms. The largest absolute Gasteiger partial charge is 0.480 e. The summed E-state index contributed by atoms with van der Waals surface area (Å²) in [5.74, 6) is -1.38. The number of hydrogen-bond acceptors (Lipinski definition) is 5. The van der Waals surface area contributed by atoms with Crippen molar-refractivity contribution in [2.75, 3.05) is 13.1 Å². The third-order valence-electron chi connectivity index (χ3n) is 4.18. The maximum Gasteiger partial charge on any atom is 0.317 e. The molecule has 2 rings (SSSR count). The molecule has 126 valence electrons. The fourth-order valence-electron chi connectivity index (χ4n) is 2.95. The first-order valence-corrected chi connectivity index (χ1v) is 8.60. The van der Waals surface area contributed by atoms with Gasteiger partial charge in [0.15, 0.2) is 5.12 Å². The molecule has 0 radical (unpaired) electrons. The molecule has 1 saturated heterocycles. The topological polar surface area (TPSA) is 77.8 Å². The Morgan fingerprint density at radius 1 is 1.35 bits per heavy atom. The zero-order chi connectivity index (χ0) is 17.1. The molecule has 0 unspecified atom stereocenters. The van der Waals surface area contributed by atoms with Gasteiger partial charge in [0.05, 0.1) is 12.6 Å². The summed E-state index contributed by atoms with van der Waals surface area (Å²) in [5, 5.41) is 19.4. The second-order valence-electron chi connectivity index (χ2n) is 5.88. The standard InChI is InChI=1S/C16H20ClNO4S/c1-9(16(22)23-12-5-3-11(17)4-6-12)15-13(10(2)19)7-18(15)8-14(20)21/h3-6,9-10,13,15,19H,7-8H2,1-2H3,(H,20,21)/t9-,10-,13-,15-/m1/s1. The van der Waals surface area contributed by atoms with E-state index in [9.17, 15) is 14.7 Å². The lowest BCUT2D eigenvalue weighted by atomic mass is 9.78. The molecule has 2 N–H and O–H groups in total. The van der Waals surface area contributed by atoms with Crippen molar-refractivity contribution < 1.29 is 19.8 Å². The average Bonchev–Trinajstić information content (AvgIpc) is 2.44. The fraction of sp³-hybridized carbons (Fsp3) is 0.500. The average molecular weight is 358 g/mol. The highest BCUT2D eigenvalue weighted by Gasteiger charge is 2.47. The number of carboxylic acid groups (broad SMARTS) is 1. The fourth-order valence-corrected chi connectivity index (χ4v) is 3.91. The molecule has 1 fully saturated rings. The van der Waals surface area contributed by atoms with Gasteiger partial charge in [0, 0.05) is 34.3 Å². The molecule has 5 nitrogen and oxygen atoms in total. The van der Waals surface area contributed by atoms with Gasteiger partial charge in [-0.15, -0.1) is 0 Å². The Labute approximate surface area is 144 Å². The molecular weight excluding hydrogens is 338 g/mol. The number of carbonyl (C=O) groups is 2. The zero-order valence-corrected chi connectivity index (χ0v) is 14.5. The number of carboxylic acids is 1. The van der Waals surface area contributed by atoms with Crippen molar-refractivity contribution in [2.45, 2.75) is 30.9 Å². The Hall–Kier alpha value is -1.08. The van der Waals surface area contributed by atoms with Crippen molar-refractivity contribution in [1.82, 2.24) is 4.90 Å². The van der Waals surface area contributed by atoms with Gasteiger partial charge >= 0.3 is 5.97 Å². The quantitative estimate of drug-likeness (QED) is 0.761. The molecule has 1 aromatic rings. The minimum Gasteiger partial charge on any atom is -0.480 e. The SMILES string of the molecule is C[C@@H](O)[C@H]1CN(CC(=O)O)[C@@H]1[C@@H](C)C(=O)Sc1ccc(Cl)cc1. The van der Waals surface area contributed by atoms with Crippen molar-refractivity contribution >= 4 is 34.4 Å². The summed E-state index contributed by atoms with van der Waals surface area (Å²) in [6.07, 6.45) is -0.569.